The van der Waals surface area contributed by atoms with Crippen molar-refractivity contribution < 1.29 is 29.8 Å². The first-order valence-corrected chi connectivity index (χ1v) is 9.82. The van der Waals surface area contributed by atoms with Crippen LogP contribution in [0.5, 0.6) is 0 Å². The van der Waals surface area contributed by atoms with Gasteiger partial charge < -0.3 is 25.5 Å². The van der Waals surface area contributed by atoms with E-state index in [9.17, 15) is 35.0 Å². The van der Waals surface area contributed by atoms with Crippen LogP contribution in [0, 0.1) is 10.1 Å². The van der Waals surface area contributed by atoms with Gasteiger partial charge in [0.25, 0.3) is 17.5 Å². The van der Waals surface area contributed by atoms with E-state index in [1.54, 1.807) is 30.3 Å². The first-order valence-electron chi connectivity index (χ1n) is 9.82. The van der Waals surface area contributed by atoms with Crippen molar-refractivity contribution in [3.8, 4) is 0 Å². The highest BCUT2D eigenvalue weighted by atomic mass is 16.6. The van der Waals surface area contributed by atoms with Crippen LogP contribution in [0.25, 0.3) is 0 Å². The largest absolute Gasteiger partial charge is 0.388 e. The van der Waals surface area contributed by atoms with Gasteiger partial charge in [-0.1, -0.05) is 18.2 Å². The van der Waals surface area contributed by atoms with Gasteiger partial charge in [0, 0.05) is 29.8 Å². The van der Waals surface area contributed by atoms with E-state index in [0.717, 1.165) is 0 Å². The van der Waals surface area contributed by atoms with E-state index in [1.165, 1.54) is 29.2 Å². The number of nitrogens with one attached hydrogen (secondary N) is 1. The molecule has 2 amide bonds. The maximum absolute atomic E-state index is 12.9. The lowest BCUT2D eigenvalue weighted by atomic mass is 9.86. The molecule has 0 radical (unpaired) electrons. The molecular formula is C21H20N4O7. The summed E-state index contributed by atoms with van der Waals surface area (Å²) in [7, 11) is 0. The summed E-state index contributed by atoms with van der Waals surface area (Å²) in [6.45, 7) is -0.177. The highest BCUT2D eigenvalue weighted by Gasteiger charge is 2.51. The predicted octanol–water partition coefficient (Wildman–Crippen LogP) is -0.553. The molecule has 0 saturated carbocycles. The Morgan fingerprint density at radius 2 is 1.72 bits per heavy atom. The lowest BCUT2D eigenvalue weighted by molar-refractivity contribution is -0.384. The van der Waals surface area contributed by atoms with Crippen LogP contribution in [-0.4, -0.2) is 79.7 Å². The second-order valence-electron chi connectivity index (χ2n) is 7.59. The Bertz CT molecular complexity index is 1070. The van der Waals surface area contributed by atoms with Crippen molar-refractivity contribution in [1.29, 1.82) is 0 Å². The predicted molar refractivity (Wildman–Crippen MR) is 111 cm³/mol. The topological polar surface area (TPSA) is 166 Å². The quantitative estimate of drug-likeness (QED) is 0.363. The zero-order valence-corrected chi connectivity index (χ0v) is 16.6. The number of nitro groups is 1. The molecule has 5 atom stereocenters. The van der Waals surface area contributed by atoms with Crippen LogP contribution in [0.4, 0.5) is 5.69 Å². The van der Waals surface area contributed by atoms with E-state index in [0.29, 0.717) is 11.1 Å². The van der Waals surface area contributed by atoms with Crippen molar-refractivity contribution in [2.75, 3.05) is 6.54 Å². The maximum Gasteiger partial charge on any atom is 0.272 e. The third-order valence-electron chi connectivity index (χ3n) is 5.59. The molecule has 4 rings (SSSR count). The summed E-state index contributed by atoms with van der Waals surface area (Å²) in [4.78, 5) is 41.4. The number of piperidine rings is 1. The van der Waals surface area contributed by atoms with Crippen molar-refractivity contribution in [3.63, 3.8) is 0 Å². The number of benzene rings is 2. The molecule has 0 spiro atoms. The molecule has 2 aliphatic rings. The summed E-state index contributed by atoms with van der Waals surface area (Å²) in [6, 6.07) is 11.0. The normalized spacial score (nSPS) is 27.3. The Morgan fingerprint density at radius 3 is 2.34 bits per heavy atom. The molecule has 32 heavy (non-hydrogen) atoms. The van der Waals surface area contributed by atoms with Gasteiger partial charge in [0.1, 0.15) is 24.1 Å². The summed E-state index contributed by atoms with van der Waals surface area (Å²) in [5, 5.41) is 44.6. The molecule has 11 heteroatoms. The Hall–Kier alpha value is -3.67. The van der Waals surface area contributed by atoms with Gasteiger partial charge in [0.15, 0.2) is 0 Å². The monoisotopic (exact) mass is 440 g/mol. The first-order chi connectivity index (χ1) is 15.3. The summed E-state index contributed by atoms with van der Waals surface area (Å²) in [6.07, 6.45) is -4.47. The second kappa shape index (κ2) is 8.46. The molecule has 166 valence electrons. The van der Waals surface area contributed by atoms with Gasteiger partial charge in [-0.2, -0.15) is 4.99 Å². The number of aliphatic hydroxyl groups is 3. The average molecular weight is 440 g/mol. The lowest BCUT2D eigenvalue weighted by Crippen LogP contribution is -2.72. The van der Waals surface area contributed by atoms with Crippen LogP contribution in [0.1, 0.15) is 15.9 Å². The second-order valence-corrected chi connectivity index (χ2v) is 7.59. The number of nitro benzene ring substituents is 1. The van der Waals surface area contributed by atoms with Gasteiger partial charge in [-0.15, -0.1) is 0 Å². The molecule has 0 unspecified atom stereocenters. The SMILES string of the molecule is O=C(N[C@H]1C(=O)N=C(c2ccc([N+](=O)[O-])cc2)N2C[C@@H](O)[C@@H](O)[C@H](O)[C@H]12)c1ccccc1. The standard InChI is InChI=1S/C21H20N4O7/c26-14-10-24-16(18(28)17(14)27)15(22-20(29)12-4-2-1-3-5-12)21(30)23-19(24)11-6-8-13(9-7-11)25(31)32/h1-9,14-18,26-28H,10H2,(H,22,29)/t14-,15-,16+,17-,18-/m1/s1. The molecule has 2 aliphatic heterocycles. The zero-order chi connectivity index (χ0) is 23.0. The van der Waals surface area contributed by atoms with Crippen LogP contribution >= 0.6 is 0 Å². The zero-order valence-electron chi connectivity index (χ0n) is 16.6. The third kappa shape index (κ3) is 3.84. The fourth-order valence-corrected chi connectivity index (χ4v) is 3.96. The van der Waals surface area contributed by atoms with Crippen LogP contribution in [0.15, 0.2) is 59.6 Å². The number of carbonyl (C=O) groups is 2. The van der Waals surface area contributed by atoms with Crippen LogP contribution in [0.3, 0.4) is 0 Å². The molecule has 11 nitrogen and oxygen atoms in total. The number of amides is 2. The van der Waals surface area contributed by atoms with Crippen LogP contribution < -0.4 is 5.32 Å². The number of hydrogen-bond donors (Lipinski definition) is 4. The Kier molecular flexibility index (Phi) is 5.70. The third-order valence-corrected chi connectivity index (χ3v) is 5.59. The van der Waals surface area contributed by atoms with E-state index in [1.807, 2.05) is 0 Å². The maximum atomic E-state index is 12.9. The Balaban J connectivity index is 1.71. The average Bonchev–Trinajstić information content (AvgIpc) is 2.79. The minimum Gasteiger partial charge on any atom is -0.388 e. The van der Waals surface area contributed by atoms with Crippen LogP contribution in [-0.2, 0) is 4.79 Å². The molecule has 0 bridgehead atoms. The van der Waals surface area contributed by atoms with E-state index in [-0.39, 0.29) is 18.1 Å². The molecule has 2 aromatic rings. The molecule has 0 aliphatic carbocycles. The van der Waals surface area contributed by atoms with Crippen molar-refractivity contribution in [2.45, 2.75) is 30.4 Å². The fourth-order valence-electron chi connectivity index (χ4n) is 3.96. The van der Waals surface area contributed by atoms with Crippen molar-refractivity contribution in [3.05, 3.63) is 75.8 Å². The van der Waals surface area contributed by atoms with Gasteiger partial charge in [-0.05, 0) is 24.3 Å². The number of aliphatic imine (C=N–C) groups is 1. The summed E-state index contributed by atoms with van der Waals surface area (Å²) >= 11 is 0. The van der Waals surface area contributed by atoms with Gasteiger partial charge >= 0.3 is 0 Å². The molecule has 4 N–H and O–H groups in total. The van der Waals surface area contributed by atoms with Crippen molar-refractivity contribution >= 4 is 23.3 Å². The Labute approximate surface area is 181 Å². The minimum atomic E-state index is -1.58. The van der Waals surface area contributed by atoms with Gasteiger partial charge in [0.2, 0.25) is 0 Å². The number of aliphatic hydroxyl groups excluding tert-OH is 3. The Morgan fingerprint density at radius 1 is 1.06 bits per heavy atom. The van der Waals surface area contributed by atoms with Gasteiger partial charge in [-0.25, -0.2) is 0 Å². The van der Waals surface area contributed by atoms with E-state index < -0.39 is 47.1 Å². The number of hydrogen-bond acceptors (Lipinski definition) is 8. The highest BCUT2D eigenvalue weighted by molar-refractivity contribution is 6.10. The molecule has 0 aromatic heterocycles. The highest BCUT2D eigenvalue weighted by Crippen LogP contribution is 2.29. The molecular weight excluding hydrogens is 420 g/mol. The number of non-ortho nitro benzene ring substituents is 1. The molecule has 1 saturated heterocycles. The number of fused-ring (bicyclic) bond motifs is 1. The molecule has 2 heterocycles. The van der Waals surface area contributed by atoms with Crippen LogP contribution in [0.2, 0.25) is 0 Å². The van der Waals surface area contributed by atoms with E-state index in [4.69, 9.17) is 0 Å². The van der Waals surface area contributed by atoms with E-state index in [2.05, 4.69) is 10.3 Å². The number of nitrogens with zero attached hydrogens (tertiary/aromatic N) is 3. The number of carbonyl (C=O) groups excluding carboxylic acids is 2. The summed E-state index contributed by atoms with van der Waals surface area (Å²) in [5.41, 5.74) is 0.482. The number of amidine groups is 1. The van der Waals surface area contributed by atoms with Crippen molar-refractivity contribution in [2.24, 2.45) is 4.99 Å². The summed E-state index contributed by atoms with van der Waals surface area (Å²) < 4.78 is 0. The molecule has 2 aromatic carbocycles. The smallest absolute Gasteiger partial charge is 0.272 e. The fraction of sp³-hybridized carbons (Fsp3) is 0.286. The number of rotatable bonds is 4. The van der Waals surface area contributed by atoms with Gasteiger partial charge in [-0.3, -0.25) is 19.7 Å². The first kappa shape index (κ1) is 21.6. The summed E-state index contributed by atoms with van der Waals surface area (Å²) in [5.74, 6) is -1.25. The minimum absolute atomic E-state index is 0.0742. The van der Waals surface area contributed by atoms with Gasteiger partial charge in [0.05, 0.1) is 17.1 Å². The van der Waals surface area contributed by atoms with Crippen molar-refractivity contribution in [1.82, 2.24) is 10.2 Å². The molecule has 1 fully saturated rings. The van der Waals surface area contributed by atoms with E-state index >= 15 is 0 Å². The lowest BCUT2D eigenvalue weighted by Gasteiger charge is -2.49.